The Bertz CT molecular complexity index is 496. The highest BCUT2D eigenvalue weighted by molar-refractivity contribution is 6.30. The van der Waals surface area contributed by atoms with Gasteiger partial charge in [0.1, 0.15) is 5.76 Å². The highest BCUT2D eigenvalue weighted by atomic mass is 35.5. The van der Waals surface area contributed by atoms with Crippen LogP contribution in [0.2, 0.25) is 0 Å². The van der Waals surface area contributed by atoms with Crippen molar-refractivity contribution in [2.75, 3.05) is 0 Å². The lowest BCUT2D eigenvalue weighted by Crippen LogP contribution is -1.99. The Morgan fingerprint density at radius 2 is 1.89 bits per heavy atom. The van der Waals surface area contributed by atoms with Crippen LogP contribution >= 0.6 is 11.6 Å². The molecule has 0 N–H and O–H groups in total. The lowest BCUT2D eigenvalue weighted by Gasteiger charge is -2.09. The van der Waals surface area contributed by atoms with Crippen LogP contribution in [0.15, 0.2) is 47.7 Å². The smallest absolute Gasteiger partial charge is 0.198 e. The zero-order valence-electron chi connectivity index (χ0n) is 10.1. The van der Waals surface area contributed by atoms with Gasteiger partial charge in [-0.05, 0) is 43.7 Å². The summed E-state index contributed by atoms with van der Waals surface area (Å²) >= 11 is 5.61. The second kappa shape index (κ2) is 6.36. The summed E-state index contributed by atoms with van der Waals surface area (Å²) in [4.78, 5) is 0. The third kappa shape index (κ3) is 4.00. The van der Waals surface area contributed by atoms with E-state index >= 15 is 0 Å². The Kier molecular flexibility index (Phi) is 5.10. The first-order valence-electron chi connectivity index (χ1n) is 5.26. The third-order valence-electron chi connectivity index (χ3n) is 1.99. The van der Waals surface area contributed by atoms with E-state index in [1.165, 1.54) is 24.3 Å². The number of hydrogen-bond acceptors (Lipinski definition) is 1. The quantitative estimate of drug-likeness (QED) is 0.560. The maximum Gasteiger partial charge on any atom is 0.198 e. The van der Waals surface area contributed by atoms with Crippen molar-refractivity contribution in [1.82, 2.24) is 0 Å². The second-order valence-corrected chi connectivity index (χ2v) is 4.14. The standard InChI is InChI=1S/C14H13ClF2O/c1-4-5-11(8-10(3)15)18-14-12(16)6-9(2)7-13(14)17/h4-8H,3H2,1-2H3/b5-4-,11-8+. The lowest BCUT2D eigenvalue weighted by atomic mass is 10.2. The topological polar surface area (TPSA) is 9.23 Å². The average molecular weight is 271 g/mol. The van der Waals surface area contributed by atoms with Crippen molar-refractivity contribution in [3.8, 4) is 5.75 Å². The van der Waals surface area contributed by atoms with Crippen LogP contribution in [0.1, 0.15) is 12.5 Å². The van der Waals surface area contributed by atoms with Gasteiger partial charge in [0.25, 0.3) is 0 Å². The lowest BCUT2D eigenvalue weighted by molar-refractivity contribution is 0.381. The van der Waals surface area contributed by atoms with Crippen molar-refractivity contribution >= 4 is 11.6 Å². The predicted octanol–water partition coefficient (Wildman–Crippen LogP) is 4.86. The molecule has 1 nitrogen and oxygen atoms in total. The van der Waals surface area contributed by atoms with Crippen LogP contribution in [0.25, 0.3) is 0 Å². The maximum absolute atomic E-state index is 13.6. The Labute approximate surface area is 110 Å². The van der Waals surface area contributed by atoms with Gasteiger partial charge in [0.15, 0.2) is 17.4 Å². The van der Waals surface area contributed by atoms with Crippen molar-refractivity contribution < 1.29 is 13.5 Å². The van der Waals surface area contributed by atoms with Crippen molar-refractivity contribution in [3.05, 3.63) is 64.9 Å². The monoisotopic (exact) mass is 270 g/mol. The number of benzene rings is 1. The van der Waals surface area contributed by atoms with Crippen LogP contribution in [0, 0.1) is 18.6 Å². The summed E-state index contributed by atoms with van der Waals surface area (Å²) in [5.74, 6) is -1.77. The molecule has 1 rings (SSSR count). The minimum atomic E-state index is -0.761. The number of allylic oxidation sites excluding steroid dienone is 4. The molecule has 0 amide bonds. The van der Waals surface area contributed by atoms with Gasteiger partial charge in [0.05, 0.1) is 0 Å². The van der Waals surface area contributed by atoms with E-state index in [0.717, 1.165) is 0 Å². The molecule has 0 aromatic heterocycles. The van der Waals surface area contributed by atoms with Crippen molar-refractivity contribution in [2.45, 2.75) is 13.8 Å². The first kappa shape index (κ1) is 14.5. The number of aryl methyl sites for hydroxylation is 1. The summed E-state index contributed by atoms with van der Waals surface area (Å²) in [6, 6.07) is 2.39. The fourth-order valence-corrected chi connectivity index (χ4v) is 1.44. The van der Waals surface area contributed by atoms with Gasteiger partial charge in [-0.25, -0.2) is 8.78 Å². The minimum absolute atomic E-state index is 0.205. The molecule has 4 heteroatoms. The largest absolute Gasteiger partial charge is 0.451 e. The second-order valence-electron chi connectivity index (χ2n) is 3.65. The summed E-state index contributed by atoms with van der Waals surface area (Å²) in [5, 5.41) is 0.205. The summed E-state index contributed by atoms with van der Waals surface area (Å²) in [6.45, 7) is 6.81. The highest BCUT2D eigenvalue weighted by Crippen LogP contribution is 2.25. The predicted molar refractivity (Wildman–Crippen MR) is 69.6 cm³/mol. The molecule has 0 aliphatic carbocycles. The molecule has 1 aromatic carbocycles. The molecule has 0 saturated carbocycles. The van der Waals surface area contributed by atoms with E-state index in [0.29, 0.717) is 5.56 Å². The van der Waals surface area contributed by atoms with Crippen LogP contribution in [0.5, 0.6) is 5.75 Å². The van der Waals surface area contributed by atoms with Crippen molar-refractivity contribution in [1.29, 1.82) is 0 Å². The molecule has 0 unspecified atom stereocenters. The molecule has 0 bridgehead atoms. The van der Waals surface area contributed by atoms with E-state index < -0.39 is 17.4 Å². The molecule has 18 heavy (non-hydrogen) atoms. The van der Waals surface area contributed by atoms with Crippen LogP contribution < -0.4 is 4.74 Å². The van der Waals surface area contributed by atoms with E-state index in [-0.39, 0.29) is 10.8 Å². The fraction of sp³-hybridized carbons (Fsp3) is 0.143. The van der Waals surface area contributed by atoms with Crippen LogP contribution in [0.4, 0.5) is 8.78 Å². The van der Waals surface area contributed by atoms with E-state index in [2.05, 4.69) is 6.58 Å². The average Bonchev–Trinajstić information content (AvgIpc) is 2.22. The molecule has 0 aliphatic heterocycles. The molecule has 0 heterocycles. The fourth-order valence-electron chi connectivity index (χ4n) is 1.33. The summed E-state index contributed by atoms with van der Waals surface area (Å²) in [7, 11) is 0. The van der Waals surface area contributed by atoms with E-state index in [4.69, 9.17) is 16.3 Å². The molecule has 0 spiro atoms. The van der Waals surface area contributed by atoms with Crippen molar-refractivity contribution in [2.24, 2.45) is 0 Å². The van der Waals surface area contributed by atoms with Gasteiger partial charge in [-0.2, -0.15) is 0 Å². The Hall–Kier alpha value is -1.61. The molecule has 0 atom stereocenters. The zero-order chi connectivity index (χ0) is 13.7. The molecular weight excluding hydrogens is 258 g/mol. The van der Waals surface area contributed by atoms with Gasteiger partial charge < -0.3 is 4.74 Å². The summed E-state index contributed by atoms with van der Waals surface area (Å²) < 4.78 is 32.3. The van der Waals surface area contributed by atoms with Gasteiger partial charge in [-0.3, -0.25) is 0 Å². The van der Waals surface area contributed by atoms with Gasteiger partial charge in [0, 0.05) is 5.03 Å². The molecule has 0 fully saturated rings. The highest BCUT2D eigenvalue weighted by Gasteiger charge is 2.12. The molecule has 1 aromatic rings. The molecule has 96 valence electrons. The molecule has 0 aliphatic rings. The van der Waals surface area contributed by atoms with Crippen LogP contribution in [-0.4, -0.2) is 0 Å². The third-order valence-corrected chi connectivity index (χ3v) is 2.10. The number of halogens is 3. The normalized spacial score (nSPS) is 11.9. The maximum atomic E-state index is 13.6. The summed E-state index contributed by atoms with van der Waals surface area (Å²) in [6.07, 6.45) is 4.57. The van der Waals surface area contributed by atoms with Gasteiger partial charge >= 0.3 is 0 Å². The van der Waals surface area contributed by atoms with Crippen molar-refractivity contribution in [3.63, 3.8) is 0 Å². The first-order valence-corrected chi connectivity index (χ1v) is 5.64. The Balaban J connectivity index is 3.12. The SMILES string of the molecule is C=C(Cl)/C=C(\C=C/C)Oc1c(F)cc(C)cc1F. The molecule has 0 saturated heterocycles. The number of ether oxygens (including phenoxy) is 1. The first-order chi connectivity index (χ1) is 8.43. The van der Waals surface area contributed by atoms with E-state index in [9.17, 15) is 8.78 Å². The van der Waals surface area contributed by atoms with Gasteiger partial charge in [-0.1, -0.05) is 24.3 Å². The Morgan fingerprint density at radius 1 is 1.33 bits per heavy atom. The van der Waals surface area contributed by atoms with E-state index in [1.807, 2.05) is 0 Å². The molecular formula is C14H13ClF2O. The Morgan fingerprint density at radius 3 is 2.33 bits per heavy atom. The zero-order valence-corrected chi connectivity index (χ0v) is 10.9. The molecule has 0 radical (unpaired) electrons. The van der Waals surface area contributed by atoms with Gasteiger partial charge in [0.2, 0.25) is 0 Å². The summed E-state index contributed by atoms with van der Waals surface area (Å²) in [5.41, 5.74) is 0.482. The number of hydrogen-bond donors (Lipinski definition) is 0. The van der Waals surface area contributed by atoms with E-state index in [1.54, 1.807) is 19.9 Å². The van der Waals surface area contributed by atoms with Crippen LogP contribution in [-0.2, 0) is 0 Å². The number of rotatable bonds is 4. The van der Waals surface area contributed by atoms with Gasteiger partial charge in [-0.15, -0.1) is 0 Å². The minimum Gasteiger partial charge on any atom is -0.451 e. The van der Waals surface area contributed by atoms with Crippen LogP contribution in [0.3, 0.4) is 0 Å².